The van der Waals surface area contributed by atoms with Crippen LogP contribution in [0.3, 0.4) is 0 Å². The molecule has 1 aromatic rings. The van der Waals surface area contributed by atoms with Gasteiger partial charge in [-0.05, 0) is 39.2 Å². The maximum absolute atomic E-state index is 10.5. The zero-order valence-corrected chi connectivity index (χ0v) is 11.0. The molecule has 0 aliphatic carbocycles. The number of aromatic nitrogens is 1. The summed E-state index contributed by atoms with van der Waals surface area (Å²) in [4.78, 5) is 12.9. The maximum Gasteiger partial charge on any atom is 0.303 e. The van der Waals surface area contributed by atoms with Crippen LogP contribution in [0.5, 0.6) is 0 Å². The van der Waals surface area contributed by atoms with Gasteiger partial charge in [-0.3, -0.25) is 9.69 Å². The standard InChI is InChI=1S/C13H20N2O3/c1-9-12(10(2)18-14-9)8-15-6-5-11(7-15)3-4-13(16)17/h11H,3-8H2,1-2H3,(H,16,17). The number of aliphatic carboxylic acids is 1. The summed E-state index contributed by atoms with van der Waals surface area (Å²) in [5, 5.41) is 12.6. The summed E-state index contributed by atoms with van der Waals surface area (Å²) >= 11 is 0. The van der Waals surface area contributed by atoms with Crippen LogP contribution in [-0.4, -0.2) is 34.2 Å². The van der Waals surface area contributed by atoms with E-state index in [1.54, 1.807) is 0 Å². The van der Waals surface area contributed by atoms with Crippen LogP contribution in [0.4, 0.5) is 0 Å². The van der Waals surface area contributed by atoms with Gasteiger partial charge in [-0.2, -0.15) is 0 Å². The van der Waals surface area contributed by atoms with Gasteiger partial charge in [0.2, 0.25) is 0 Å². The molecule has 2 heterocycles. The molecule has 0 amide bonds. The lowest BCUT2D eigenvalue weighted by Crippen LogP contribution is -2.21. The lowest BCUT2D eigenvalue weighted by Gasteiger charge is -2.15. The van der Waals surface area contributed by atoms with E-state index in [2.05, 4.69) is 10.1 Å². The van der Waals surface area contributed by atoms with Gasteiger partial charge in [0, 0.05) is 25.1 Å². The minimum Gasteiger partial charge on any atom is -0.481 e. The van der Waals surface area contributed by atoms with E-state index in [1.807, 2.05) is 13.8 Å². The van der Waals surface area contributed by atoms with Crippen molar-refractivity contribution in [1.82, 2.24) is 10.1 Å². The van der Waals surface area contributed by atoms with Crippen molar-refractivity contribution in [3.8, 4) is 0 Å². The van der Waals surface area contributed by atoms with Crippen LogP contribution in [0.1, 0.15) is 36.3 Å². The second kappa shape index (κ2) is 5.52. The summed E-state index contributed by atoms with van der Waals surface area (Å²) in [5.74, 6) is 0.710. The Kier molecular flexibility index (Phi) is 4.01. The fraction of sp³-hybridized carbons (Fsp3) is 0.692. The molecule has 1 aliphatic heterocycles. The van der Waals surface area contributed by atoms with Crippen LogP contribution >= 0.6 is 0 Å². The van der Waals surface area contributed by atoms with Gasteiger partial charge in [-0.1, -0.05) is 5.16 Å². The van der Waals surface area contributed by atoms with Gasteiger partial charge in [0.1, 0.15) is 5.76 Å². The second-order valence-corrected chi connectivity index (χ2v) is 5.12. The summed E-state index contributed by atoms with van der Waals surface area (Å²) in [6, 6.07) is 0. The highest BCUT2D eigenvalue weighted by Crippen LogP contribution is 2.24. The van der Waals surface area contributed by atoms with E-state index in [-0.39, 0.29) is 6.42 Å². The minimum absolute atomic E-state index is 0.282. The second-order valence-electron chi connectivity index (χ2n) is 5.12. The Morgan fingerprint density at radius 1 is 1.56 bits per heavy atom. The number of carboxylic acid groups (broad SMARTS) is 1. The molecular formula is C13H20N2O3. The van der Waals surface area contributed by atoms with Gasteiger partial charge in [0.15, 0.2) is 0 Å². The first-order valence-corrected chi connectivity index (χ1v) is 6.42. The number of carboxylic acids is 1. The van der Waals surface area contributed by atoms with E-state index in [9.17, 15) is 4.79 Å². The van der Waals surface area contributed by atoms with Crippen molar-refractivity contribution in [1.29, 1.82) is 0 Å². The number of hydrogen-bond donors (Lipinski definition) is 1. The van der Waals surface area contributed by atoms with Crippen LogP contribution in [0.25, 0.3) is 0 Å². The largest absolute Gasteiger partial charge is 0.481 e. The van der Waals surface area contributed by atoms with Crippen LogP contribution in [0.2, 0.25) is 0 Å². The third-order valence-corrected chi connectivity index (χ3v) is 3.70. The number of aryl methyl sites for hydroxylation is 2. The average Bonchev–Trinajstić information content (AvgIpc) is 2.88. The maximum atomic E-state index is 10.5. The molecule has 1 fully saturated rings. The van der Waals surface area contributed by atoms with Gasteiger partial charge in [-0.25, -0.2) is 0 Å². The van der Waals surface area contributed by atoms with E-state index in [4.69, 9.17) is 9.63 Å². The third-order valence-electron chi connectivity index (χ3n) is 3.70. The molecular weight excluding hydrogens is 232 g/mol. The van der Waals surface area contributed by atoms with Crippen molar-refractivity contribution in [3.63, 3.8) is 0 Å². The quantitative estimate of drug-likeness (QED) is 0.868. The fourth-order valence-corrected chi connectivity index (χ4v) is 2.57. The van der Waals surface area contributed by atoms with Crippen molar-refractivity contribution in [2.45, 2.75) is 39.7 Å². The molecule has 5 nitrogen and oxygen atoms in total. The smallest absolute Gasteiger partial charge is 0.303 e. The Hall–Kier alpha value is -1.36. The molecule has 0 spiro atoms. The molecule has 1 N–H and O–H groups in total. The summed E-state index contributed by atoms with van der Waals surface area (Å²) in [6.45, 7) is 6.79. The number of carbonyl (C=O) groups is 1. The molecule has 100 valence electrons. The normalized spacial score (nSPS) is 20.4. The van der Waals surface area contributed by atoms with Crippen LogP contribution in [-0.2, 0) is 11.3 Å². The van der Waals surface area contributed by atoms with Crippen LogP contribution in [0, 0.1) is 19.8 Å². The molecule has 1 atom stereocenters. The zero-order valence-electron chi connectivity index (χ0n) is 11.0. The third kappa shape index (κ3) is 3.10. The molecule has 0 bridgehead atoms. The van der Waals surface area contributed by atoms with E-state index in [1.165, 1.54) is 5.56 Å². The molecule has 0 aromatic carbocycles. The molecule has 1 aromatic heterocycles. The minimum atomic E-state index is -0.695. The number of rotatable bonds is 5. The van der Waals surface area contributed by atoms with Gasteiger partial charge in [0.25, 0.3) is 0 Å². The predicted octanol–water partition coefficient (Wildman–Crippen LogP) is 1.98. The van der Waals surface area contributed by atoms with Crippen molar-refractivity contribution in [2.75, 3.05) is 13.1 Å². The summed E-state index contributed by atoms with van der Waals surface area (Å²) in [5.41, 5.74) is 2.13. The summed E-state index contributed by atoms with van der Waals surface area (Å²) < 4.78 is 5.16. The van der Waals surface area contributed by atoms with E-state index in [0.717, 1.165) is 43.9 Å². The van der Waals surface area contributed by atoms with Crippen LogP contribution in [0.15, 0.2) is 4.52 Å². The van der Waals surface area contributed by atoms with E-state index < -0.39 is 5.97 Å². The first-order chi connectivity index (χ1) is 8.56. The highest BCUT2D eigenvalue weighted by molar-refractivity contribution is 5.66. The predicted molar refractivity (Wildman–Crippen MR) is 66.2 cm³/mol. The Balaban J connectivity index is 1.84. The topological polar surface area (TPSA) is 66.6 Å². The van der Waals surface area contributed by atoms with Gasteiger partial charge >= 0.3 is 5.97 Å². The molecule has 1 saturated heterocycles. The Morgan fingerprint density at radius 3 is 2.94 bits per heavy atom. The van der Waals surface area contributed by atoms with Crippen molar-refractivity contribution >= 4 is 5.97 Å². The lowest BCUT2D eigenvalue weighted by molar-refractivity contribution is -0.137. The lowest BCUT2D eigenvalue weighted by atomic mass is 10.0. The molecule has 18 heavy (non-hydrogen) atoms. The number of likely N-dealkylation sites (tertiary alicyclic amines) is 1. The highest BCUT2D eigenvalue weighted by atomic mass is 16.5. The van der Waals surface area contributed by atoms with Crippen LogP contribution < -0.4 is 0 Å². The fourth-order valence-electron chi connectivity index (χ4n) is 2.57. The highest BCUT2D eigenvalue weighted by Gasteiger charge is 2.24. The zero-order chi connectivity index (χ0) is 13.1. The molecule has 0 saturated carbocycles. The van der Waals surface area contributed by atoms with E-state index in [0.29, 0.717) is 5.92 Å². The van der Waals surface area contributed by atoms with Crippen molar-refractivity contribution in [2.24, 2.45) is 5.92 Å². The van der Waals surface area contributed by atoms with Gasteiger partial charge in [-0.15, -0.1) is 0 Å². The molecule has 5 heteroatoms. The molecule has 1 aliphatic rings. The average molecular weight is 252 g/mol. The monoisotopic (exact) mass is 252 g/mol. The SMILES string of the molecule is Cc1noc(C)c1CN1CCC(CCC(=O)O)C1. The molecule has 2 rings (SSSR count). The first kappa shape index (κ1) is 13.1. The van der Waals surface area contributed by atoms with E-state index >= 15 is 0 Å². The Morgan fingerprint density at radius 2 is 2.33 bits per heavy atom. The molecule has 0 radical (unpaired) electrons. The number of hydrogen-bond acceptors (Lipinski definition) is 4. The number of nitrogens with zero attached hydrogens (tertiary/aromatic N) is 2. The van der Waals surface area contributed by atoms with Gasteiger partial charge < -0.3 is 9.63 Å². The summed E-state index contributed by atoms with van der Waals surface area (Å²) in [7, 11) is 0. The first-order valence-electron chi connectivity index (χ1n) is 6.42. The molecule has 1 unspecified atom stereocenters. The Bertz CT molecular complexity index is 408. The Labute approximate surface area is 107 Å². The van der Waals surface area contributed by atoms with Crippen molar-refractivity contribution < 1.29 is 14.4 Å². The summed E-state index contributed by atoms with van der Waals surface area (Å²) in [6.07, 6.45) is 2.16. The van der Waals surface area contributed by atoms with Crippen molar-refractivity contribution in [3.05, 3.63) is 17.0 Å². The van der Waals surface area contributed by atoms with Gasteiger partial charge in [0.05, 0.1) is 5.69 Å².